The summed E-state index contributed by atoms with van der Waals surface area (Å²) < 4.78 is 11.7. The molecule has 29 heavy (non-hydrogen) atoms. The molecule has 3 aromatic rings. The van der Waals surface area contributed by atoms with Gasteiger partial charge in [0, 0.05) is 12.1 Å². The van der Waals surface area contributed by atoms with E-state index in [1.54, 1.807) is 0 Å². The second-order valence-electron chi connectivity index (χ2n) is 7.36. The molecular formula is C24H26N2O3. The summed E-state index contributed by atoms with van der Waals surface area (Å²) in [5.74, 6) is 1.32. The zero-order valence-corrected chi connectivity index (χ0v) is 16.9. The number of carbonyl (C=O) groups excluding carboxylic acids is 1. The van der Waals surface area contributed by atoms with E-state index in [4.69, 9.17) is 9.15 Å². The number of aromatic nitrogens is 1. The third-order valence-corrected chi connectivity index (χ3v) is 5.41. The van der Waals surface area contributed by atoms with Gasteiger partial charge in [0.25, 0.3) is 0 Å². The quantitative estimate of drug-likeness (QED) is 0.650. The highest BCUT2D eigenvalue weighted by Crippen LogP contribution is 2.25. The van der Waals surface area contributed by atoms with Gasteiger partial charge in [-0.05, 0) is 36.6 Å². The number of morpholine rings is 1. The van der Waals surface area contributed by atoms with E-state index in [0.29, 0.717) is 37.0 Å². The second-order valence-corrected chi connectivity index (χ2v) is 7.36. The summed E-state index contributed by atoms with van der Waals surface area (Å²) in [6, 6.07) is 18.2. The number of carbonyl (C=O) groups is 1. The number of nitrogens with zero attached hydrogens (tertiary/aromatic N) is 2. The minimum absolute atomic E-state index is 0.0542. The van der Waals surface area contributed by atoms with Crippen LogP contribution in [0.15, 0.2) is 59.0 Å². The number of rotatable bonds is 5. The van der Waals surface area contributed by atoms with Gasteiger partial charge in [-0.3, -0.25) is 4.79 Å². The van der Waals surface area contributed by atoms with Crippen LogP contribution in [0.4, 0.5) is 0 Å². The maximum Gasteiger partial charge on any atom is 0.228 e. The Kier molecular flexibility index (Phi) is 5.76. The highest BCUT2D eigenvalue weighted by atomic mass is 16.5. The van der Waals surface area contributed by atoms with Crippen molar-refractivity contribution < 1.29 is 13.9 Å². The number of ether oxygens (including phenoxy) is 1. The van der Waals surface area contributed by atoms with Crippen LogP contribution in [-0.4, -0.2) is 35.5 Å². The molecule has 1 atom stereocenters. The highest BCUT2D eigenvalue weighted by molar-refractivity contribution is 5.79. The summed E-state index contributed by atoms with van der Waals surface area (Å²) in [6.45, 7) is 5.70. The van der Waals surface area contributed by atoms with Gasteiger partial charge >= 0.3 is 0 Å². The lowest BCUT2D eigenvalue weighted by Gasteiger charge is -2.33. The van der Waals surface area contributed by atoms with Gasteiger partial charge in [0.05, 0.1) is 25.3 Å². The number of hydrogen-bond donors (Lipinski definition) is 0. The Morgan fingerprint density at radius 3 is 2.62 bits per heavy atom. The molecule has 1 saturated heterocycles. The fourth-order valence-electron chi connectivity index (χ4n) is 3.60. The summed E-state index contributed by atoms with van der Waals surface area (Å²) >= 11 is 0. The largest absolute Gasteiger partial charge is 0.441 e. The van der Waals surface area contributed by atoms with Crippen molar-refractivity contribution in [2.24, 2.45) is 0 Å². The summed E-state index contributed by atoms with van der Waals surface area (Å²) in [6.07, 6.45) is 1.15. The molecule has 0 N–H and O–H groups in total. The average Bonchev–Trinajstić information content (AvgIpc) is 3.14. The summed E-state index contributed by atoms with van der Waals surface area (Å²) in [5, 5.41) is 0. The van der Waals surface area contributed by atoms with Crippen LogP contribution in [0, 0.1) is 6.92 Å². The van der Waals surface area contributed by atoms with Crippen LogP contribution in [0.1, 0.15) is 35.6 Å². The molecule has 0 aliphatic carbocycles. The predicted molar refractivity (Wildman–Crippen MR) is 111 cm³/mol. The Morgan fingerprint density at radius 1 is 1.14 bits per heavy atom. The van der Waals surface area contributed by atoms with E-state index in [2.05, 4.69) is 24.0 Å². The van der Waals surface area contributed by atoms with Crippen molar-refractivity contribution >= 4 is 5.91 Å². The maximum atomic E-state index is 12.9. The van der Waals surface area contributed by atoms with Gasteiger partial charge in [0.2, 0.25) is 11.8 Å². The molecule has 1 aliphatic heterocycles. The molecule has 1 aromatic heterocycles. The van der Waals surface area contributed by atoms with Gasteiger partial charge in [0.1, 0.15) is 11.9 Å². The van der Waals surface area contributed by atoms with Crippen LogP contribution in [-0.2, 0) is 22.4 Å². The molecule has 2 aromatic carbocycles. The number of hydrogen-bond acceptors (Lipinski definition) is 4. The third-order valence-electron chi connectivity index (χ3n) is 5.41. The molecule has 1 unspecified atom stereocenters. The number of aryl methyl sites for hydroxylation is 2. The van der Waals surface area contributed by atoms with Gasteiger partial charge in [-0.1, -0.05) is 49.4 Å². The van der Waals surface area contributed by atoms with Crippen molar-refractivity contribution in [2.45, 2.75) is 32.8 Å². The zero-order valence-electron chi connectivity index (χ0n) is 16.9. The van der Waals surface area contributed by atoms with E-state index in [1.807, 2.05) is 54.3 Å². The SMILES string of the molecule is CCc1ccc(-c2nc(CC(=O)N3CCOC(c4ccccc4)C3)c(C)o2)cc1. The van der Waals surface area contributed by atoms with Gasteiger partial charge in [-0.2, -0.15) is 0 Å². The van der Waals surface area contributed by atoms with Crippen LogP contribution in [0.5, 0.6) is 0 Å². The molecule has 1 aliphatic rings. The van der Waals surface area contributed by atoms with Crippen LogP contribution in [0.3, 0.4) is 0 Å². The molecule has 1 amide bonds. The fourth-order valence-corrected chi connectivity index (χ4v) is 3.60. The minimum atomic E-state index is -0.0834. The molecule has 5 heteroatoms. The van der Waals surface area contributed by atoms with E-state index in [-0.39, 0.29) is 18.4 Å². The predicted octanol–water partition coefficient (Wildman–Crippen LogP) is 4.36. The van der Waals surface area contributed by atoms with Crippen molar-refractivity contribution in [2.75, 3.05) is 19.7 Å². The molecule has 1 fully saturated rings. The monoisotopic (exact) mass is 390 g/mol. The second kappa shape index (κ2) is 8.62. The molecule has 2 heterocycles. The van der Waals surface area contributed by atoms with E-state index in [9.17, 15) is 4.79 Å². The molecule has 4 rings (SSSR count). The van der Waals surface area contributed by atoms with E-state index >= 15 is 0 Å². The number of benzene rings is 2. The fraction of sp³-hybridized carbons (Fsp3) is 0.333. The number of amides is 1. The molecule has 0 spiro atoms. The van der Waals surface area contributed by atoms with Crippen LogP contribution in [0.25, 0.3) is 11.5 Å². The smallest absolute Gasteiger partial charge is 0.228 e. The first-order chi connectivity index (χ1) is 14.1. The van der Waals surface area contributed by atoms with Crippen molar-refractivity contribution in [1.82, 2.24) is 9.88 Å². The first-order valence-corrected chi connectivity index (χ1v) is 10.1. The first kappa shape index (κ1) is 19.4. The van der Waals surface area contributed by atoms with E-state index in [0.717, 1.165) is 17.5 Å². The topological polar surface area (TPSA) is 55.6 Å². The normalized spacial score (nSPS) is 16.8. The van der Waals surface area contributed by atoms with E-state index in [1.165, 1.54) is 5.56 Å². The van der Waals surface area contributed by atoms with Crippen molar-refractivity contribution in [3.63, 3.8) is 0 Å². The molecular weight excluding hydrogens is 364 g/mol. The zero-order chi connectivity index (χ0) is 20.2. The number of oxazole rings is 1. The summed E-state index contributed by atoms with van der Waals surface area (Å²) in [7, 11) is 0. The van der Waals surface area contributed by atoms with Gasteiger partial charge in [-0.15, -0.1) is 0 Å². The Morgan fingerprint density at radius 2 is 1.90 bits per heavy atom. The molecule has 150 valence electrons. The molecule has 0 radical (unpaired) electrons. The molecule has 0 bridgehead atoms. The Bertz CT molecular complexity index is 964. The lowest BCUT2D eigenvalue weighted by molar-refractivity contribution is -0.138. The summed E-state index contributed by atoms with van der Waals surface area (Å²) in [5.41, 5.74) is 4.00. The molecule has 5 nitrogen and oxygen atoms in total. The van der Waals surface area contributed by atoms with Crippen molar-refractivity contribution in [1.29, 1.82) is 0 Å². The van der Waals surface area contributed by atoms with E-state index < -0.39 is 0 Å². The van der Waals surface area contributed by atoms with Gasteiger partial charge < -0.3 is 14.1 Å². The van der Waals surface area contributed by atoms with Crippen LogP contribution < -0.4 is 0 Å². The maximum absolute atomic E-state index is 12.9. The average molecular weight is 390 g/mol. The highest BCUT2D eigenvalue weighted by Gasteiger charge is 2.26. The summed E-state index contributed by atoms with van der Waals surface area (Å²) in [4.78, 5) is 19.4. The Labute approximate surface area is 171 Å². The van der Waals surface area contributed by atoms with Crippen LogP contribution in [0.2, 0.25) is 0 Å². The van der Waals surface area contributed by atoms with Gasteiger partial charge in [-0.25, -0.2) is 4.98 Å². The standard InChI is InChI=1S/C24H26N2O3/c1-3-18-9-11-20(12-10-18)24-25-21(17(2)29-24)15-23(27)26-13-14-28-22(16-26)19-7-5-4-6-8-19/h4-12,22H,3,13-16H2,1-2H3. The molecule has 0 saturated carbocycles. The van der Waals surface area contributed by atoms with Crippen molar-refractivity contribution in [3.8, 4) is 11.5 Å². The Balaban J connectivity index is 1.44. The lowest BCUT2D eigenvalue weighted by atomic mass is 10.1. The van der Waals surface area contributed by atoms with Gasteiger partial charge in [0.15, 0.2) is 0 Å². The van der Waals surface area contributed by atoms with Crippen molar-refractivity contribution in [3.05, 3.63) is 77.2 Å². The lowest BCUT2D eigenvalue weighted by Crippen LogP contribution is -2.43. The third kappa shape index (κ3) is 4.40. The minimum Gasteiger partial charge on any atom is -0.441 e. The Hall–Kier alpha value is -2.92. The first-order valence-electron chi connectivity index (χ1n) is 10.1. The van der Waals surface area contributed by atoms with Crippen LogP contribution >= 0.6 is 0 Å².